The number of carboxylic acids is 1. The van der Waals surface area contributed by atoms with E-state index in [-0.39, 0.29) is 16.3 Å². The molecule has 0 spiro atoms. The first-order valence-corrected chi connectivity index (χ1v) is 5.67. The molecule has 4 nitrogen and oxygen atoms in total. The minimum Gasteiger partial charge on any atom is -0.478 e. The van der Waals surface area contributed by atoms with Crippen LogP contribution >= 0.6 is 11.6 Å². The van der Waals surface area contributed by atoms with Crippen LogP contribution in [0, 0.1) is 5.82 Å². The van der Waals surface area contributed by atoms with Crippen molar-refractivity contribution in [3.05, 3.63) is 40.8 Å². The quantitative estimate of drug-likeness (QED) is 0.931. The van der Waals surface area contributed by atoms with E-state index in [9.17, 15) is 9.18 Å². The lowest BCUT2D eigenvalue weighted by Gasteiger charge is -2.00. The smallest absolute Gasteiger partial charge is 0.339 e. The standard InChI is InChI=1S/C12H10ClFN2O2/c1-2-16-6-8(12(17)18)11(15-16)7-3-4-10(14)9(13)5-7/h3-6H,2H2,1H3,(H,17,18). The summed E-state index contributed by atoms with van der Waals surface area (Å²) in [4.78, 5) is 11.1. The molecule has 0 fully saturated rings. The first kappa shape index (κ1) is 12.6. The van der Waals surface area contributed by atoms with Gasteiger partial charge in [0.1, 0.15) is 17.1 Å². The summed E-state index contributed by atoms with van der Waals surface area (Å²) in [5.41, 5.74) is 0.830. The first-order chi connectivity index (χ1) is 8.52. The monoisotopic (exact) mass is 268 g/mol. The number of rotatable bonds is 3. The molecular weight excluding hydrogens is 259 g/mol. The second-order valence-corrected chi connectivity index (χ2v) is 4.09. The lowest BCUT2D eigenvalue weighted by molar-refractivity contribution is 0.0697. The molecular formula is C12H10ClFN2O2. The maximum absolute atomic E-state index is 13.1. The van der Waals surface area contributed by atoms with E-state index in [4.69, 9.17) is 16.7 Å². The molecule has 1 aromatic heterocycles. The number of nitrogens with zero attached hydrogens (tertiary/aromatic N) is 2. The molecule has 18 heavy (non-hydrogen) atoms. The number of carbonyl (C=O) groups is 1. The number of aromatic carboxylic acids is 1. The van der Waals surface area contributed by atoms with Crippen molar-refractivity contribution in [2.75, 3.05) is 0 Å². The maximum Gasteiger partial charge on any atom is 0.339 e. The van der Waals surface area contributed by atoms with Crippen LogP contribution in [0.5, 0.6) is 0 Å². The zero-order chi connectivity index (χ0) is 13.3. The van der Waals surface area contributed by atoms with Crippen LogP contribution in [0.2, 0.25) is 5.02 Å². The number of hydrogen-bond donors (Lipinski definition) is 1. The SMILES string of the molecule is CCn1cc(C(=O)O)c(-c2ccc(F)c(Cl)c2)n1. The van der Waals surface area contributed by atoms with Gasteiger partial charge in [0, 0.05) is 18.3 Å². The van der Waals surface area contributed by atoms with E-state index in [1.165, 1.54) is 29.1 Å². The number of benzene rings is 1. The molecule has 94 valence electrons. The van der Waals surface area contributed by atoms with Crippen LogP contribution in [0.15, 0.2) is 24.4 Å². The summed E-state index contributed by atoms with van der Waals surface area (Å²) in [6.45, 7) is 2.40. The van der Waals surface area contributed by atoms with Crippen molar-refractivity contribution in [1.82, 2.24) is 9.78 Å². The summed E-state index contributed by atoms with van der Waals surface area (Å²) in [7, 11) is 0. The third-order valence-electron chi connectivity index (χ3n) is 2.51. The third-order valence-corrected chi connectivity index (χ3v) is 2.80. The summed E-state index contributed by atoms with van der Waals surface area (Å²) in [5.74, 6) is -1.63. The Morgan fingerprint density at radius 3 is 2.83 bits per heavy atom. The Labute approximate surface area is 108 Å². The van der Waals surface area contributed by atoms with Crippen molar-refractivity contribution >= 4 is 17.6 Å². The fraction of sp³-hybridized carbons (Fsp3) is 0.167. The molecule has 1 N–H and O–H groups in total. The minimum atomic E-state index is -1.08. The van der Waals surface area contributed by atoms with Crippen molar-refractivity contribution in [1.29, 1.82) is 0 Å². The Hall–Kier alpha value is -1.88. The second kappa shape index (κ2) is 4.78. The first-order valence-electron chi connectivity index (χ1n) is 5.29. The molecule has 1 heterocycles. The number of aromatic nitrogens is 2. The number of hydrogen-bond acceptors (Lipinski definition) is 2. The summed E-state index contributed by atoms with van der Waals surface area (Å²) in [5, 5.41) is 13.2. The zero-order valence-corrected chi connectivity index (χ0v) is 10.3. The summed E-state index contributed by atoms with van der Waals surface area (Å²) < 4.78 is 14.6. The van der Waals surface area contributed by atoms with E-state index >= 15 is 0 Å². The molecule has 1 aromatic carbocycles. The molecule has 0 bridgehead atoms. The summed E-state index contributed by atoms with van der Waals surface area (Å²) in [6, 6.07) is 4.01. The van der Waals surface area contributed by atoms with Gasteiger partial charge in [-0.3, -0.25) is 4.68 Å². The molecule has 0 saturated heterocycles. The normalized spacial score (nSPS) is 10.6. The van der Waals surface area contributed by atoms with Crippen LogP contribution < -0.4 is 0 Å². The minimum absolute atomic E-state index is 0.0603. The topological polar surface area (TPSA) is 55.1 Å². The summed E-state index contributed by atoms with van der Waals surface area (Å²) in [6.07, 6.45) is 1.44. The van der Waals surface area contributed by atoms with E-state index in [1.54, 1.807) is 0 Å². The molecule has 0 aliphatic heterocycles. The molecule has 0 saturated carbocycles. The Kier molecular flexibility index (Phi) is 3.34. The largest absolute Gasteiger partial charge is 0.478 e. The fourth-order valence-electron chi connectivity index (χ4n) is 1.60. The van der Waals surface area contributed by atoms with Gasteiger partial charge in [-0.15, -0.1) is 0 Å². The van der Waals surface area contributed by atoms with Crippen LogP contribution in [0.3, 0.4) is 0 Å². The van der Waals surface area contributed by atoms with Crippen LogP contribution in [-0.4, -0.2) is 20.9 Å². The number of carboxylic acid groups (broad SMARTS) is 1. The second-order valence-electron chi connectivity index (χ2n) is 3.68. The van der Waals surface area contributed by atoms with Gasteiger partial charge in [0.15, 0.2) is 0 Å². The van der Waals surface area contributed by atoms with Crippen molar-refractivity contribution < 1.29 is 14.3 Å². The number of halogens is 2. The van der Waals surface area contributed by atoms with Crippen molar-refractivity contribution in [3.8, 4) is 11.3 Å². The van der Waals surface area contributed by atoms with Crippen LogP contribution in [0.25, 0.3) is 11.3 Å². The predicted octanol–water partition coefficient (Wildman–Crippen LogP) is 3.06. The van der Waals surface area contributed by atoms with Crippen molar-refractivity contribution in [3.63, 3.8) is 0 Å². The predicted molar refractivity (Wildman–Crippen MR) is 65.3 cm³/mol. The average molecular weight is 269 g/mol. The van der Waals surface area contributed by atoms with Crippen molar-refractivity contribution in [2.24, 2.45) is 0 Å². The van der Waals surface area contributed by atoms with Crippen molar-refractivity contribution in [2.45, 2.75) is 13.5 Å². The fourth-order valence-corrected chi connectivity index (χ4v) is 1.78. The third kappa shape index (κ3) is 2.22. The van der Waals surface area contributed by atoms with Gasteiger partial charge in [-0.25, -0.2) is 9.18 Å². The van der Waals surface area contributed by atoms with Crippen LogP contribution in [-0.2, 0) is 6.54 Å². The van der Waals surface area contributed by atoms with Gasteiger partial charge in [0.25, 0.3) is 0 Å². The van der Waals surface area contributed by atoms with E-state index in [0.717, 1.165) is 0 Å². The van der Waals surface area contributed by atoms with E-state index in [0.29, 0.717) is 12.1 Å². The molecule has 0 atom stereocenters. The zero-order valence-electron chi connectivity index (χ0n) is 9.52. The Balaban J connectivity index is 2.58. The Morgan fingerprint density at radius 2 is 2.28 bits per heavy atom. The lowest BCUT2D eigenvalue weighted by Crippen LogP contribution is -1.96. The number of aryl methyl sites for hydroxylation is 1. The van der Waals surface area contributed by atoms with Gasteiger partial charge in [-0.05, 0) is 25.1 Å². The average Bonchev–Trinajstić information content (AvgIpc) is 2.77. The van der Waals surface area contributed by atoms with Gasteiger partial charge in [-0.2, -0.15) is 5.10 Å². The van der Waals surface area contributed by atoms with Gasteiger partial charge in [-0.1, -0.05) is 11.6 Å². The highest BCUT2D eigenvalue weighted by Gasteiger charge is 2.17. The molecule has 2 aromatic rings. The highest BCUT2D eigenvalue weighted by Crippen LogP contribution is 2.26. The Bertz CT molecular complexity index is 610. The Morgan fingerprint density at radius 1 is 1.56 bits per heavy atom. The van der Waals surface area contributed by atoms with Gasteiger partial charge in [0.05, 0.1) is 5.02 Å². The molecule has 2 rings (SSSR count). The highest BCUT2D eigenvalue weighted by molar-refractivity contribution is 6.31. The van der Waals surface area contributed by atoms with E-state index < -0.39 is 11.8 Å². The molecule has 0 unspecified atom stereocenters. The molecule has 0 amide bonds. The molecule has 0 aliphatic carbocycles. The van der Waals surface area contributed by atoms with E-state index in [2.05, 4.69) is 5.10 Å². The lowest BCUT2D eigenvalue weighted by atomic mass is 10.1. The highest BCUT2D eigenvalue weighted by atomic mass is 35.5. The molecule has 0 radical (unpaired) electrons. The van der Waals surface area contributed by atoms with Crippen LogP contribution in [0.4, 0.5) is 4.39 Å². The van der Waals surface area contributed by atoms with Gasteiger partial charge >= 0.3 is 5.97 Å². The molecule has 6 heteroatoms. The maximum atomic E-state index is 13.1. The van der Waals surface area contributed by atoms with Gasteiger partial charge < -0.3 is 5.11 Å². The van der Waals surface area contributed by atoms with Crippen LogP contribution in [0.1, 0.15) is 17.3 Å². The van der Waals surface area contributed by atoms with Gasteiger partial charge in [0.2, 0.25) is 0 Å². The van der Waals surface area contributed by atoms with E-state index in [1.807, 2.05) is 6.92 Å². The summed E-state index contributed by atoms with van der Waals surface area (Å²) >= 11 is 5.68. The molecule has 0 aliphatic rings.